The van der Waals surface area contributed by atoms with Gasteiger partial charge >= 0.3 is 0 Å². The normalized spacial score (nSPS) is 22.9. The van der Waals surface area contributed by atoms with E-state index in [-0.39, 0.29) is 0 Å². The van der Waals surface area contributed by atoms with Gasteiger partial charge in [0, 0.05) is 37.6 Å². The van der Waals surface area contributed by atoms with Crippen LogP contribution in [0.2, 0.25) is 0 Å². The van der Waals surface area contributed by atoms with Crippen molar-refractivity contribution in [2.75, 3.05) is 13.1 Å². The quantitative estimate of drug-likeness (QED) is 0.894. The molecule has 2 aliphatic rings. The molecular formula is C15H21N5. The third-order valence-corrected chi connectivity index (χ3v) is 4.44. The zero-order chi connectivity index (χ0) is 13.4. The van der Waals surface area contributed by atoms with Crippen molar-refractivity contribution in [1.82, 2.24) is 24.6 Å². The van der Waals surface area contributed by atoms with Gasteiger partial charge in [-0.25, -0.2) is 4.98 Å². The van der Waals surface area contributed by atoms with Crippen molar-refractivity contribution in [1.29, 1.82) is 0 Å². The molecule has 0 unspecified atom stereocenters. The van der Waals surface area contributed by atoms with E-state index in [9.17, 15) is 0 Å². The Balaban J connectivity index is 1.52. The maximum absolute atomic E-state index is 4.44. The Morgan fingerprint density at radius 2 is 2.25 bits per heavy atom. The smallest absolute Gasteiger partial charge is 0.155 e. The van der Waals surface area contributed by atoms with Gasteiger partial charge in [0.1, 0.15) is 0 Å². The molecule has 1 N–H and O–H groups in total. The highest BCUT2D eigenvalue weighted by molar-refractivity contribution is 5.36. The van der Waals surface area contributed by atoms with Gasteiger partial charge in [-0.3, -0.25) is 14.3 Å². The van der Waals surface area contributed by atoms with Gasteiger partial charge in [-0.05, 0) is 32.2 Å². The molecule has 0 radical (unpaired) electrons. The largest absolute Gasteiger partial charge is 0.313 e. The van der Waals surface area contributed by atoms with Crippen LogP contribution in [0.15, 0.2) is 24.8 Å². The maximum atomic E-state index is 4.44. The number of hydrogen-bond donors (Lipinski definition) is 1. The molecule has 4 rings (SSSR count). The van der Waals surface area contributed by atoms with Crippen molar-refractivity contribution >= 4 is 5.65 Å². The van der Waals surface area contributed by atoms with Crippen LogP contribution >= 0.6 is 0 Å². The second kappa shape index (κ2) is 5.14. The Kier molecular flexibility index (Phi) is 3.16. The fraction of sp³-hybridized carbons (Fsp3) is 0.600. The average Bonchev–Trinajstić information content (AvgIpc) is 3.05. The van der Waals surface area contributed by atoms with Gasteiger partial charge in [0.25, 0.3) is 0 Å². The lowest BCUT2D eigenvalue weighted by Crippen LogP contribution is -2.38. The van der Waals surface area contributed by atoms with Crippen LogP contribution in [-0.4, -0.2) is 44.4 Å². The molecule has 1 atom stereocenters. The molecule has 1 aliphatic carbocycles. The predicted octanol–water partition coefficient (Wildman–Crippen LogP) is 1.45. The summed E-state index contributed by atoms with van der Waals surface area (Å²) in [6.45, 7) is 3.35. The number of rotatable bonds is 5. The molecule has 20 heavy (non-hydrogen) atoms. The Morgan fingerprint density at radius 3 is 3.05 bits per heavy atom. The Labute approximate surface area is 119 Å². The Bertz CT molecular complexity index is 583. The van der Waals surface area contributed by atoms with Gasteiger partial charge in [0.15, 0.2) is 5.65 Å². The summed E-state index contributed by atoms with van der Waals surface area (Å²) in [4.78, 5) is 11.2. The van der Waals surface area contributed by atoms with Gasteiger partial charge in [-0.15, -0.1) is 0 Å². The molecule has 1 saturated heterocycles. The van der Waals surface area contributed by atoms with Gasteiger partial charge in [-0.1, -0.05) is 0 Å². The summed E-state index contributed by atoms with van der Waals surface area (Å²) >= 11 is 0. The third kappa shape index (κ3) is 2.43. The predicted molar refractivity (Wildman–Crippen MR) is 77.4 cm³/mol. The first kappa shape index (κ1) is 12.3. The van der Waals surface area contributed by atoms with Crippen molar-refractivity contribution in [3.63, 3.8) is 0 Å². The number of fused-ring (bicyclic) bond motifs is 1. The van der Waals surface area contributed by atoms with Gasteiger partial charge < -0.3 is 5.32 Å². The molecule has 3 heterocycles. The van der Waals surface area contributed by atoms with Crippen LogP contribution in [0.5, 0.6) is 0 Å². The van der Waals surface area contributed by atoms with Crippen LogP contribution in [0.1, 0.15) is 31.4 Å². The number of hydrogen-bond acceptors (Lipinski definition) is 4. The molecule has 1 saturated carbocycles. The average molecular weight is 271 g/mol. The summed E-state index contributed by atoms with van der Waals surface area (Å²) < 4.78 is 2.16. The van der Waals surface area contributed by atoms with E-state index in [4.69, 9.17) is 0 Å². The molecule has 0 bridgehead atoms. The zero-order valence-electron chi connectivity index (χ0n) is 11.7. The first-order chi connectivity index (χ1) is 9.90. The number of aromatic nitrogens is 3. The Morgan fingerprint density at radius 1 is 1.30 bits per heavy atom. The molecule has 0 amide bonds. The van der Waals surface area contributed by atoms with E-state index in [0.29, 0.717) is 6.04 Å². The molecule has 1 aliphatic heterocycles. The monoisotopic (exact) mass is 271 g/mol. The highest BCUT2D eigenvalue weighted by Gasteiger charge is 2.31. The topological polar surface area (TPSA) is 45.5 Å². The first-order valence-corrected chi connectivity index (χ1v) is 7.63. The summed E-state index contributed by atoms with van der Waals surface area (Å²) in [6, 6.07) is 1.46. The van der Waals surface area contributed by atoms with Crippen molar-refractivity contribution in [2.45, 2.75) is 44.3 Å². The molecule has 0 spiro atoms. The maximum Gasteiger partial charge on any atom is 0.155 e. The summed E-state index contributed by atoms with van der Waals surface area (Å²) in [5.74, 6) is 0. The SMILES string of the molecule is c1cn2c(CN(C[C@@H]3CCCN3)C3CC3)cnc2cn1. The van der Waals surface area contributed by atoms with Crippen LogP contribution in [0, 0.1) is 0 Å². The number of imidazole rings is 1. The van der Waals surface area contributed by atoms with Gasteiger partial charge in [0.05, 0.1) is 18.1 Å². The first-order valence-electron chi connectivity index (χ1n) is 7.63. The molecular weight excluding hydrogens is 250 g/mol. The molecule has 5 nitrogen and oxygen atoms in total. The highest BCUT2D eigenvalue weighted by atomic mass is 15.2. The lowest BCUT2D eigenvalue weighted by Gasteiger charge is -2.25. The molecule has 2 fully saturated rings. The summed E-state index contributed by atoms with van der Waals surface area (Å²) in [7, 11) is 0. The lowest BCUT2D eigenvalue weighted by molar-refractivity contribution is 0.228. The number of nitrogens with one attached hydrogen (secondary N) is 1. The number of nitrogens with zero attached hydrogens (tertiary/aromatic N) is 4. The van der Waals surface area contributed by atoms with Crippen molar-refractivity contribution in [3.05, 3.63) is 30.5 Å². The molecule has 2 aromatic rings. The summed E-state index contributed by atoms with van der Waals surface area (Å²) in [6.07, 6.45) is 13.0. The minimum Gasteiger partial charge on any atom is -0.313 e. The van der Waals surface area contributed by atoms with E-state index >= 15 is 0 Å². The van der Waals surface area contributed by atoms with E-state index in [1.165, 1.54) is 44.5 Å². The van der Waals surface area contributed by atoms with Crippen LogP contribution < -0.4 is 5.32 Å². The fourth-order valence-electron chi connectivity index (χ4n) is 3.20. The molecule has 0 aromatic carbocycles. The van der Waals surface area contributed by atoms with Crippen LogP contribution in [0.4, 0.5) is 0 Å². The summed E-state index contributed by atoms with van der Waals surface area (Å²) in [5.41, 5.74) is 2.21. The van der Waals surface area contributed by atoms with Crippen molar-refractivity contribution in [2.24, 2.45) is 0 Å². The standard InChI is InChI=1S/C15H21N5/c1-2-12(17-5-1)10-19(13-3-4-13)11-14-8-18-15-9-16-6-7-20(14)15/h6-9,12-13,17H,1-5,10-11H2/t12-/m0/s1. The highest BCUT2D eigenvalue weighted by Crippen LogP contribution is 2.29. The fourth-order valence-corrected chi connectivity index (χ4v) is 3.20. The van der Waals surface area contributed by atoms with E-state index in [0.717, 1.165) is 18.2 Å². The van der Waals surface area contributed by atoms with Gasteiger partial charge in [0.2, 0.25) is 0 Å². The van der Waals surface area contributed by atoms with Crippen LogP contribution in [0.3, 0.4) is 0 Å². The van der Waals surface area contributed by atoms with Crippen molar-refractivity contribution in [3.8, 4) is 0 Å². The zero-order valence-corrected chi connectivity index (χ0v) is 11.7. The molecule has 5 heteroatoms. The second-order valence-corrected chi connectivity index (χ2v) is 6.01. The van der Waals surface area contributed by atoms with Crippen molar-refractivity contribution < 1.29 is 0 Å². The minimum absolute atomic E-state index is 0.677. The van der Waals surface area contributed by atoms with Crippen LogP contribution in [-0.2, 0) is 6.54 Å². The second-order valence-electron chi connectivity index (χ2n) is 6.01. The van der Waals surface area contributed by atoms with Crippen LogP contribution in [0.25, 0.3) is 5.65 Å². The minimum atomic E-state index is 0.677. The third-order valence-electron chi connectivity index (χ3n) is 4.44. The summed E-state index contributed by atoms with van der Waals surface area (Å²) in [5, 5.41) is 3.61. The molecule has 2 aromatic heterocycles. The van der Waals surface area contributed by atoms with E-state index < -0.39 is 0 Å². The van der Waals surface area contributed by atoms with E-state index in [1.807, 2.05) is 24.8 Å². The Hall–Kier alpha value is -1.46. The lowest BCUT2D eigenvalue weighted by atomic mass is 10.2. The van der Waals surface area contributed by atoms with E-state index in [1.54, 1.807) is 0 Å². The molecule has 106 valence electrons. The van der Waals surface area contributed by atoms with E-state index in [2.05, 4.69) is 24.6 Å². The van der Waals surface area contributed by atoms with Gasteiger partial charge in [-0.2, -0.15) is 0 Å².